The van der Waals surface area contributed by atoms with Crippen LogP contribution in [-0.2, 0) is 0 Å². The number of urea groups is 1. The molecule has 2 heterocycles. The number of amides is 2. The molecule has 11 heteroatoms. The monoisotopic (exact) mass is 417 g/mol. The van der Waals surface area contributed by atoms with Gasteiger partial charge in [-0.1, -0.05) is 6.07 Å². The number of carbonyl (C=O) groups excluding carboxylic acids is 1. The van der Waals surface area contributed by atoms with Gasteiger partial charge in [0.15, 0.2) is 17.5 Å². The molecule has 1 aromatic carbocycles. The van der Waals surface area contributed by atoms with Gasteiger partial charge in [0.2, 0.25) is 0 Å². The molecule has 0 spiro atoms. The number of nitrogens with one attached hydrogen (secondary N) is 4. The van der Waals surface area contributed by atoms with E-state index in [9.17, 15) is 18.0 Å². The molecule has 0 fully saturated rings. The van der Waals surface area contributed by atoms with Gasteiger partial charge >= 0.3 is 6.03 Å². The van der Waals surface area contributed by atoms with E-state index in [4.69, 9.17) is 0 Å². The Morgan fingerprint density at radius 3 is 2.53 bits per heavy atom. The Balaban J connectivity index is 1.49. The van der Waals surface area contributed by atoms with Crippen LogP contribution < -0.4 is 21.3 Å². The molecule has 0 saturated carbocycles. The number of hydrogen-bond acceptors (Lipinski definition) is 6. The van der Waals surface area contributed by atoms with Crippen molar-refractivity contribution in [3.8, 4) is 0 Å². The Kier molecular flexibility index (Phi) is 6.63. The quantitative estimate of drug-likeness (QED) is 0.346. The smallest absolute Gasteiger partial charge is 0.319 e. The van der Waals surface area contributed by atoms with Gasteiger partial charge in [0.1, 0.15) is 23.3 Å². The number of anilines is 4. The summed E-state index contributed by atoms with van der Waals surface area (Å²) in [6.45, 7) is 2.19. The van der Waals surface area contributed by atoms with Gasteiger partial charge in [-0.25, -0.2) is 32.9 Å². The molecule has 0 aliphatic rings. The SMILES string of the molecule is Cc1nc(NCCNC(=O)Nc2ccc(F)c(F)c2F)cc(Nc2ccccn2)n1. The first-order valence-corrected chi connectivity index (χ1v) is 8.88. The van der Waals surface area contributed by atoms with Gasteiger partial charge in [0.25, 0.3) is 0 Å². The highest BCUT2D eigenvalue weighted by molar-refractivity contribution is 5.89. The second kappa shape index (κ2) is 9.54. The second-order valence-corrected chi connectivity index (χ2v) is 6.06. The molecule has 2 aromatic heterocycles. The zero-order chi connectivity index (χ0) is 21.5. The van der Waals surface area contributed by atoms with Crippen molar-refractivity contribution < 1.29 is 18.0 Å². The third kappa shape index (κ3) is 5.56. The van der Waals surface area contributed by atoms with Gasteiger partial charge in [-0.15, -0.1) is 0 Å². The summed E-state index contributed by atoms with van der Waals surface area (Å²) in [7, 11) is 0. The minimum absolute atomic E-state index is 0.156. The van der Waals surface area contributed by atoms with E-state index < -0.39 is 29.2 Å². The summed E-state index contributed by atoms with van der Waals surface area (Å²) >= 11 is 0. The average molecular weight is 417 g/mol. The molecule has 2 amide bonds. The number of benzene rings is 1. The maximum atomic E-state index is 13.6. The lowest BCUT2D eigenvalue weighted by molar-refractivity contribution is 0.252. The number of hydrogen-bond donors (Lipinski definition) is 4. The summed E-state index contributed by atoms with van der Waals surface area (Å²) in [5.41, 5.74) is -0.462. The summed E-state index contributed by atoms with van der Waals surface area (Å²) in [6.07, 6.45) is 1.65. The van der Waals surface area contributed by atoms with Crippen LogP contribution in [0.25, 0.3) is 0 Å². The predicted molar refractivity (Wildman–Crippen MR) is 106 cm³/mol. The zero-order valence-electron chi connectivity index (χ0n) is 15.8. The highest BCUT2D eigenvalue weighted by Crippen LogP contribution is 2.19. The zero-order valence-corrected chi connectivity index (χ0v) is 15.8. The molecule has 4 N–H and O–H groups in total. The fourth-order valence-corrected chi connectivity index (χ4v) is 2.45. The first-order valence-electron chi connectivity index (χ1n) is 8.88. The number of rotatable bonds is 7. The van der Waals surface area contributed by atoms with Crippen LogP contribution >= 0.6 is 0 Å². The lowest BCUT2D eigenvalue weighted by atomic mass is 10.3. The molecule has 156 valence electrons. The first-order chi connectivity index (χ1) is 14.4. The molecule has 0 aliphatic heterocycles. The standard InChI is InChI=1S/C19H18F3N7O/c1-11-26-15(10-16(27-11)29-14-4-2-3-7-23-14)24-8-9-25-19(30)28-13-6-5-12(20)17(21)18(13)22/h2-7,10H,8-9H2,1H3,(H2,25,28,30)(H2,23,24,26,27,29). The predicted octanol–water partition coefficient (Wildman–Crippen LogP) is 3.57. The van der Waals surface area contributed by atoms with Crippen molar-refractivity contribution in [3.63, 3.8) is 0 Å². The average Bonchev–Trinajstić information content (AvgIpc) is 2.72. The molecule has 0 aliphatic carbocycles. The van der Waals surface area contributed by atoms with E-state index in [0.717, 1.165) is 12.1 Å². The normalized spacial score (nSPS) is 10.4. The van der Waals surface area contributed by atoms with E-state index >= 15 is 0 Å². The van der Waals surface area contributed by atoms with Crippen molar-refractivity contribution in [2.75, 3.05) is 29.0 Å². The third-order valence-corrected chi connectivity index (χ3v) is 3.76. The van der Waals surface area contributed by atoms with Crippen molar-refractivity contribution in [1.29, 1.82) is 0 Å². The van der Waals surface area contributed by atoms with Crippen LogP contribution in [0.3, 0.4) is 0 Å². The van der Waals surface area contributed by atoms with E-state index in [2.05, 4.69) is 36.2 Å². The summed E-state index contributed by atoms with van der Waals surface area (Å²) in [5.74, 6) is -2.23. The van der Waals surface area contributed by atoms with Crippen molar-refractivity contribution in [2.45, 2.75) is 6.92 Å². The van der Waals surface area contributed by atoms with E-state index in [1.165, 1.54) is 0 Å². The minimum atomic E-state index is -1.65. The topological polar surface area (TPSA) is 104 Å². The van der Waals surface area contributed by atoms with Crippen LogP contribution in [0.4, 0.5) is 41.1 Å². The Bertz CT molecular complexity index is 1030. The van der Waals surface area contributed by atoms with Gasteiger partial charge in [-0.3, -0.25) is 0 Å². The fraction of sp³-hybridized carbons (Fsp3) is 0.158. The molecule has 30 heavy (non-hydrogen) atoms. The maximum absolute atomic E-state index is 13.6. The van der Waals surface area contributed by atoms with Crippen molar-refractivity contribution in [3.05, 3.63) is 65.9 Å². The molecule has 0 atom stereocenters. The van der Waals surface area contributed by atoms with Gasteiger partial charge in [-0.05, 0) is 31.2 Å². The number of aromatic nitrogens is 3. The summed E-state index contributed by atoms with van der Waals surface area (Å²) in [6, 6.07) is 8.01. The molecule has 3 rings (SSSR count). The van der Waals surface area contributed by atoms with Crippen molar-refractivity contribution >= 4 is 29.2 Å². The largest absolute Gasteiger partial charge is 0.368 e. The number of halogens is 3. The molecule has 8 nitrogen and oxygen atoms in total. The van der Waals surface area contributed by atoms with Crippen molar-refractivity contribution in [1.82, 2.24) is 20.3 Å². The van der Waals surface area contributed by atoms with Gasteiger partial charge < -0.3 is 21.3 Å². The number of pyridine rings is 1. The molecule has 3 aromatic rings. The molecule has 0 bridgehead atoms. The summed E-state index contributed by atoms with van der Waals surface area (Å²) in [4.78, 5) is 24.5. The fourth-order valence-electron chi connectivity index (χ4n) is 2.45. The van der Waals surface area contributed by atoms with E-state index in [0.29, 0.717) is 29.8 Å². The second-order valence-electron chi connectivity index (χ2n) is 6.06. The maximum Gasteiger partial charge on any atom is 0.319 e. The Morgan fingerprint density at radius 1 is 0.967 bits per heavy atom. The van der Waals surface area contributed by atoms with Crippen LogP contribution in [0.2, 0.25) is 0 Å². The lowest BCUT2D eigenvalue weighted by Crippen LogP contribution is -2.33. The Morgan fingerprint density at radius 2 is 1.77 bits per heavy atom. The molecular weight excluding hydrogens is 399 g/mol. The third-order valence-electron chi connectivity index (χ3n) is 3.76. The van der Waals surface area contributed by atoms with Crippen LogP contribution in [0.1, 0.15) is 5.82 Å². The molecule has 0 saturated heterocycles. The first kappa shape index (κ1) is 20.8. The van der Waals surface area contributed by atoms with E-state index in [1.807, 2.05) is 6.07 Å². The Hall–Kier alpha value is -3.89. The number of carbonyl (C=O) groups is 1. The van der Waals surface area contributed by atoms with Gasteiger partial charge in [0, 0.05) is 25.4 Å². The van der Waals surface area contributed by atoms with Crippen molar-refractivity contribution in [2.24, 2.45) is 0 Å². The summed E-state index contributed by atoms with van der Waals surface area (Å²) < 4.78 is 39.7. The van der Waals surface area contributed by atoms with Crippen LogP contribution in [-0.4, -0.2) is 34.1 Å². The summed E-state index contributed by atoms with van der Waals surface area (Å²) in [5, 5.41) is 10.7. The van der Waals surface area contributed by atoms with E-state index in [-0.39, 0.29) is 6.54 Å². The van der Waals surface area contributed by atoms with Crippen LogP contribution in [0.5, 0.6) is 0 Å². The number of nitrogens with zero attached hydrogens (tertiary/aromatic N) is 3. The highest BCUT2D eigenvalue weighted by atomic mass is 19.2. The van der Waals surface area contributed by atoms with Crippen LogP contribution in [0.15, 0.2) is 42.6 Å². The molecule has 0 unspecified atom stereocenters. The molecular formula is C19H18F3N7O. The van der Waals surface area contributed by atoms with Crippen LogP contribution in [0, 0.1) is 24.4 Å². The van der Waals surface area contributed by atoms with Gasteiger partial charge in [0.05, 0.1) is 5.69 Å². The Labute approximate surface area is 170 Å². The lowest BCUT2D eigenvalue weighted by Gasteiger charge is -2.11. The highest BCUT2D eigenvalue weighted by Gasteiger charge is 2.14. The molecule has 0 radical (unpaired) electrons. The van der Waals surface area contributed by atoms with E-state index in [1.54, 1.807) is 31.3 Å². The van der Waals surface area contributed by atoms with Gasteiger partial charge in [-0.2, -0.15) is 0 Å². The minimum Gasteiger partial charge on any atom is -0.368 e. The number of aryl methyl sites for hydroxylation is 1.